The molecule has 6 nitrogen and oxygen atoms in total. The Labute approximate surface area is 147 Å². The molecule has 3 heterocycles. The fourth-order valence-electron chi connectivity index (χ4n) is 3.10. The summed E-state index contributed by atoms with van der Waals surface area (Å²) < 4.78 is 1.43. The largest absolute Gasteiger partial charge is 0.492 e. The molecule has 0 amide bonds. The minimum absolute atomic E-state index is 0.0781. The molecule has 1 unspecified atom stereocenters. The lowest BCUT2D eigenvalue weighted by Crippen LogP contribution is -2.37. The zero-order chi connectivity index (χ0) is 16.7. The molecule has 1 fully saturated rings. The van der Waals surface area contributed by atoms with Gasteiger partial charge in [-0.2, -0.15) is 9.61 Å². The van der Waals surface area contributed by atoms with E-state index >= 15 is 0 Å². The van der Waals surface area contributed by atoms with Crippen molar-refractivity contribution in [1.29, 1.82) is 0 Å². The molecule has 1 aromatic carbocycles. The SMILES string of the molecule is O=C1CCN(C(c2ccccc2Cl)c2sc3ncnn3c2O)CC1. The number of benzene rings is 1. The van der Waals surface area contributed by atoms with Gasteiger partial charge in [-0.05, 0) is 11.6 Å². The molecular weight excluding hydrogens is 348 g/mol. The maximum atomic E-state index is 11.6. The molecular formula is C16H15ClN4O2S. The van der Waals surface area contributed by atoms with Gasteiger partial charge in [-0.25, -0.2) is 4.98 Å². The maximum absolute atomic E-state index is 11.6. The van der Waals surface area contributed by atoms with Crippen LogP contribution in [0.4, 0.5) is 0 Å². The number of aromatic nitrogens is 3. The Morgan fingerprint density at radius 2 is 2.00 bits per heavy atom. The summed E-state index contributed by atoms with van der Waals surface area (Å²) in [4.78, 5) is 19.3. The Balaban J connectivity index is 1.83. The Morgan fingerprint density at radius 1 is 1.25 bits per heavy atom. The Morgan fingerprint density at radius 3 is 2.71 bits per heavy atom. The second-order valence-electron chi connectivity index (χ2n) is 5.74. The second kappa shape index (κ2) is 6.16. The highest BCUT2D eigenvalue weighted by molar-refractivity contribution is 7.17. The Kier molecular flexibility index (Phi) is 3.99. The first-order valence-corrected chi connectivity index (χ1v) is 8.86. The number of hydrogen-bond acceptors (Lipinski definition) is 6. The summed E-state index contributed by atoms with van der Waals surface area (Å²) in [7, 11) is 0. The van der Waals surface area contributed by atoms with E-state index in [9.17, 15) is 9.90 Å². The molecule has 124 valence electrons. The topological polar surface area (TPSA) is 70.7 Å². The third-order valence-electron chi connectivity index (χ3n) is 4.31. The van der Waals surface area contributed by atoms with Gasteiger partial charge in [0.1, 0.15) is 12.1 Å². The second-order valence-corrected chi connectivity index (χ2v) is 7.16. The summed E-state index contributed by atoms with van der Waals surface area (Å²) in [5.74, 6) is 0.352. The molecule has 1 atom stereocenters. The highest BCUT2D eigenvalue weighted by Crippen LogP contribution is 2.42. The van der Waals surface area contributed by atoms with E-state index < -0.39 is 0 Å². The van der Waals surface area contributed by atoms with E-state index in [1.165, 1.54) is 22.2 Å². The van der Waals surface area contributed by atoms with E-state index in [0.717, 1.165) is 10.4 Å². The van der Waals surface area contributed by atoms with Crippen LogP contribution in [0.2, 0.25) is 5.02 Å². The van der Waals surface area contributed by atoms with Crippen molar-refractivity contribution < 1.29 is 9.90 Å². The summed E-state index contributed by atoms with van der Waals surface area (Å²) >= 11 is 7.82. The van der Waals surface area contributed by atoms with E-state index in [0.29, 0.717) is 35.9 Å². The van der Waals surface area contributed by atoms with Gasteiger partial charge in [0.25, 0.3) is 0 Å². The summed E-state index contributed by atoms with van der Waals surface area (Å²) in [6.07, 6.45) is 2.45. The predicted octanol–water partition coefficient (Wildman–Crippen LogP) is 2.90. The quantitative estimate of drug-likeness (QED) is 0.775. The third-order valence-corrected chi connectivity index (χ3v) is 5.74. The molecule has 0 bridgehead atoms. The first-order valence-electron chi connectivity index (χ1n) is 7.66. The van der Waals surface area contributed by atoms with Crippen molar-refractivity contribution in [2.24, 2.45) is 0 Å². The molecule has 0 aliphatic carbocycles. The lowest BCUT2D eigenvalue weighted by molar-refractivity contribution is -0.121. The molecule has 0 spiro atoms. The molecule has 24 heavy (non-hydrogen) atoms. The third kappa shape index (κ3) is 2.58. The monoisotopic (exact) mass is 362 g/mol. The normalized spacial score (nSPS) is 17.5. The average Bonchev–Trinajstić information content (AvgIpc) is 3.15. The van der Waals surface area contributed by atoms with Gasteiger partial charge in [0, 0.05) is 31.0 Å². The van der Waals surface area contributed by atoms with Crippen LogP contribution in [-0.4, -0.2) is 43.5 Å². The van der Waals surface area contributed by atoms with E-state index in [1.54, 1.807) is 0 Å². The van der Waals surface area contributed by atoms with Crippen molar-refractivity contribution in [2.75, 3.05) is 13.1 Å². The number of carbonyl (C=O) groups is 1. The molecule has 0 saturated carbocycles. The van der Waals surface area contributed by atoms with Crippen molar-refractivity contribution in [3.63, 3.8) is 0 Å². The molecule has 3 aromatic rings. The average molecular weight is 363 g/mol. The van der Waals surface area contributed by atoms with Gasteiger partial charge in [0.2, 0.25) is 10.8 Å². The van der Waals surface area contributed by atoms with Crippen LogP contribution in [0.1, 0.15) is 29.3 Å². The number of piperidine rings is 1. The summed E-state index contributed by atoms with van der Waals surface area (Å²) in [6.45, 7) is 1.28. The number of ketones is 1. The summed E-state index contributed by atoms with van der Waals surface area (Å²) in [6, 6.07) is 7.38. The van der Waals surface area contributed by atoms with Crippen LogP contribution in [0.15, 0.2) is 30.6 Å². The number of nitrogens with zero attached hydrogens (tertiary/aromatic N) is 4. The number of carbonyl (C=O) groups excluding carboxylic acids is 1. The predicted molar refractivity (Wildman–Crippen MR) is 91.6 cm³/mol. The zero-order valence-electron chi connectivity index (χ0n) is 12.7. The summed E-state index contributed by atoms with van der Waals surface area (Å²) in [5, 5.41) is 15.3. The summed E-state index contributed by atoms with van der Waals surface area (Å²) in [5.41, 5.74) is 0.910. The van der Waals surface area contributed by atoms with Crippen molar-refractivity contribution in [2.45, 2.75) is 18.9 Å². The van der Waals surface area contributed by atoms with Gasteiger partial charge < -0.3 is 5.11 Å². The Hall–Kier alpha value is -1.96. The molecule has 1 aliphatic rings. The van der Waals surface area contributed by atoms with Crippen molar-refractivity contribution in [3.05, 3.63) is 46.1 Å². The van der Waals surface area contributed by atoms with Gasteiger partial charge >= 0.3 is 0 Å². The van der Waals surface area contributed by atoms with Crippen LogP contribution in [-0.2, 0) is 4.79 Å². The minimum Gasteiger partial charge on any atom is -0.492 e. The number of Topliss-reactive ketones (excluding diaryl/α,β-unsaturated/α-hetero) is 1. The van der Waals surface area contributed by atoms with Gasteiger partial charge in [0.05, 0.1) is 10.9 Å². The van der Waals surface area contributed by atoms with Crippen molar-refractivity contribution in [1.82, 2.24) is 19.5 Å². The van der Waals surface area contributed by atoms with E-state index in [2.05, 4.69) is 15.0 Å². The molecule has 1 aliphatic heterocycles. The van der Waals surface area contributed by atoms with Crippen LogP contribution in [0, 0.1) is 0 Å². The van der Waals surface area contributed by atoms with Crippen LogP contribution in [0.5, 0.6) is 5.88 Å². The number of rotatable bonds is 3. The lowest BCUT2D eigenvalue weighted by Gasteiger charge is -2.34. The lowest BCUT2D eigenvalue weighted by atomic mass is 10.00. The number of hydrogen-bond donors (Lipinski definition) is 1. The van der Waals surface area contributed by atoms with E-state index in [1.807, 2.05) is 24.3 Å². The standard InChI is InChI=1S/C16H15ClN4O2S/c17-12-4-2-1-3-11(12)13(20-7-5-10(22)6-8-20)14-15(23)21-16(24-14)18-9-19-21/h1-4,9,13,23H,5-8H2. The number of aromatic hydroxyl groups is 1. The molecule has 1 N–H and O–H groups in total. The van der Waals surface area contributed by atoms with Crippen molar-refractivity contribution >= 4 is 33.7 Å². The fourth-order valence-corrected chi connectivity index (χ4v) is 4.43. The maximum Gasteiger partial charge on any atom is 0.230 e. The molecule has 0 radical (unpaired) electrons. The van der Waals surface area contributed by atoms with Crippen molar-refractivity contribution in [3.8, 4) is 5.88 Å². The van der Waals surface area contributed by atoms with Gasteiger partial charge in [0.15, 0.2) is 0 Å². The minimum atomic E-state index is -0.222. The van der Waals surface area contributed by atoms with Crippen LogP contribution < -0.4 is 0 Å². The molecule has 1 saturated heterocycles. The van der Waals surface area contributed by atoms with Crippen LogP contribution in [0.3, 0.4) is 0 Å². The first-order chi connectivity index (χ1) is 11.6. The first kappa shape index (κ1) is 15.6. The number of halogens is 1. The highest BCUT2D eigenvalue weighted by atomic mass is 35.5. The van der Waals surface area contributed by atoms with Crippen LogP contribution in [0.25, 0.3) is 4.96 Å². The van der Waals surface area contributed by atoms with Gasteiger partial charge in [-0.3, -0.25) is 9.69 Å². The van der Waals surface area contributed by atoms with E-state index in [4.69, 9.17) is 11.6 Å². The smallest absolute Gasteiger partial charge is 0.230 e. The molecule has 2 aromatic heterocycles. The number of fused-ring (bicyclic) bond motifs is 1. The Bertz CT molecular complexity index is 897. The van der Waals surface area contributed by atoms with E-state index in [-0.39, 0.29) is 17.7 Å². The van der Waals surface area contributed by atoms with Gasteiger partial charge in [-0.15, -0.1) is 0 Å². The van der Waals surface area contributed by atoms with Gasteiger partial charge in [-0.1, -0.05) is 41.1 Å². The molecule has 4 rings (SSSR count). The number of thiazole rings is 1. The molecule has 8 heteroatoms. The van der Waals surface area contributed by atoms with Crippen LogP contribution >= 0.6 is 22.9 Å². The highest BCUT2D eigenvalue weighted by Gasteiger charge is 2.32. The number of likely N-dealkylation sites (tertiary alicyclic amines) is 1. The zero-order valence-corrected chi connectivity index (χ0v) is 14.3. The fraction of sp³-hybridized carbons (Fsp3) is 0.312.